The fraction of sp³-hybridized carbons (Fsp3) is 0.778. The highest BCUT2D eigenvalue weighted by atomic mass is 35.5. The van der Waals surface area contributed by atoms with Crippen LogP contribution in [0.1, 0.15) is 6.42 Å². The van der Waals surface area contributed by atoms with Crippen molar-refractivity contribution in [1.82, 2.24) is 0 Å². The molecule has 22 heavy (non-hydrogen) atoms. The van der Waals surface area contributed by atoms with Crippen molar-refractivity contribution in [3.8, 4) is 0 Å². The first kappa shape index (κ1) is 21.9. The minimum atomic E-state index is -7.07. The molecule has 1 atom stereocenters. The number of hydrogen-bond donors (Lipinski definition) is 0. The van der Waals surface area contributed by atoms with Crippen LogP contribution in [0.3, 0.4) is 0 Å². The van der Waals surface area contributed by atoms with Crippen LogP contribution in [-0.4, -0.2) is 35.5 Å². The largest absolute Gasteiger partial charge is 0.434 e. The van der Waals surface area contributed by atoms with Gasteiger partial charge in [-0.3, -0.25) is 0 Å². The van der Waals surface area contributed by atoms with Gasteiger partial charge in [-0.25, -0.2) is 13.2 Å². The zero-order valence-electron chi connectivity index (χ0n) is 9.91. The Balaban J connectivity index is 6.48. The summed E-state index contributed by atoms with van der Waals surface area (Å²) in [5, 5.41) is -2.45. The second-order valence-corrected chi connectivity index (χ2v) is 4.91. The Kier molecular flexibility index (Phi) is 6.40. The van der Waals surface area contributed by atoms with Gasteiger partial charge in [-0.1, -0.05) is 23.2 Å². The third kappa shape index (κ3) is 3.10. The molecule has 0 aliphatic carbocycles. The predicted octanol–water partition coefficient (Wildman–Crippen LogP) is 6.11. The van der Waals surface area contributed by atoms with Crippen molar-refractivity contribution in [2.45, 2.75) is 36.0 Å². The van der Waals surface area contributed by atoms with Crippen molar-refractivity contribution < 1.29 is 43.9 Å². The van der Waals surface area contributed by atoms with Crippen LogP contribution in [0.15, 0.2) is 10.6 Å². The van der Waals surface area contributed by atoms with E-state index in [1.54, 1.807) is 0 Å². The molecule has 0 radical (unpaired) electrons. The summed E-state index contributed by atoms with van der Waals surface area (Å²) >= 11 is 13.8. The first-order valence-electron chi connectivity index (χ1n) is 4.96. The quantitative estimate of drug-likeness (QED) is 0.367. The van der Waals surface area contributed by atoms with Crippen LogP contribution in [0.5, 0.6) is 0 Å². The summed E-state index contributed by atoms with van der Waals surface area (Å²) in [7, 11) is 0. The van der Waals surface area contributed by atoms with E-state index < -0.39 is 52.5 Å². The molecule has 0 spiro atoms. The first-order valence-corrected chi connectivity index (χ1v) is 6.31. The van der Waals surface area contributed by atoms with E-state index in [0.29, 0.717) is 0 Å². The standard InChI is InChI=1S/C9H5Cl3F10/c10-2-1-5(13,14)7(17,9(20,21)22)8(18,19)6(15,16)4(12)3-11/h3H,1-2H2. The van der Waals surface area contributed by atoms with E-state index in [2.05, 4.69) is 23.2 Å². The smallest absolute Gasteiger partial charge is 0.220 e. The summed E-state index contributed by atoms with van der Waals surface area (Å²) in [6.07, 6.45) is -9.35. The van der Waals surface area contributed by atoms with Crippen LogP contribution >= 0.6 is 34.8 Å². The van der Waals surface area contributed by atoms with Crippen molar-refractivity contribution >= 4 is 34.8 Å². The van der Waals surface area contributed by atoms with E-state index in [9.17, 15) is 43.9 Å². The third-order valence-electron chi connectivity index (χ3n) is 2.53. The predicted molar refractivity (Wildman–Crippen MR) is 59.9 cm³/mol. The van der Waals surface area contributed by atoms with Crippen molar-refractivity contribution in [3.63, 3.8) is 0 Å². The molecule has 13 heteroatoms. The lowest BCUT2D eigenvalue weighted by atomic mass is 9.84. The molecule has 0 fully saturated rings. The summed E-state index contributed by atoms with van der Waals surface area (Å²) in [6.45, 7) is 0. The van der Waals surface area contributed by atoms with Gasteiger partial charge in [0.05, 0.1) is 0 Å². The lowest BCUT2D eigenvalue weighted by Crippen LogP contribution is -2.71. The monoisotopic (exact) mass is 408 g/mol. The summed E-state index contributed by atoms with van der Waals surface area (Å²) in [6, 6.07) is 0. The lowest BCUT2D eigenvalue weighted by Gasteiger charge is -2.42. The van der Waals surface area contributed by atoms with Gasteiger partial charge in [-0.2, -0.15) is 30.7 Å². The van der Waals surface area contributed by atoms with E-state index in [0.717, 1.165) is 0 Å². The molecular formula is C9H5Cl3F10. The summed E-state index contributed by atoms with van der Waals surface area (Å²) < 4.78 is 131. The molecule has 0 rings (SSSR count). The van der Waals surface area contributed by atoms with Crippen molar-refractivity contribution in [2.24, 2.45) is 0 Å². The zero-order valence-corrected chi connectivity index (χ0v) is 12.2. The fourth-order valence-electron chi connectivity index (χ4n) is 1.34. The van der Waals surface area contributed by atoms with Crippen LogP contribution in [-0.2, 0) is 0 Å². The van der Waals surface area contributed by atoms with Crippen LogP contribution in [0, 0.1) is 0 Å². The van der Waals surface area contributed by atoms with Gasteiger partial charge >= 0.3 is 23.7 Å². The average Bonchev–Trinajstić information content (AvgIpc) is 2.34. The van der Waals surface area contributed by atoms with Crippen LogP contribution in [0.4, 0.5) is 43.9 Å². The molecule has 0 aliphatic rings. The highest BCUT2D eigenvalue weighted by molar-refractivity contribution is 6.37. The van der Waals surface area contributed by atoms with Gasteiger partial charge in [0.1, 0.15) is 5.03 Å². The van der Waals surface area contributed by atoms with Crippen LogP contribution in [0.2, 0.25) is 0 Å². The fourth-order valence-corrected chi connectivity index (χ4v) is 1.83. The molecule has 0 amide bonds. The van der Waals surface area contributed by atoms with Gasteiger partial charge in [0.2, 0.25) is 0 Å². The van der Waals surface area contributed by atoms with Gasteiger partial charge in [-0.05, 0) is 0 Å². The molecule has 0 aliphatic heterocycles. The number of allylic oxidation sites excluding steroid dienone is 1. The topological polar surface area (TPSA) is 0 Å². The van der Waals surface area contributed by atoms with E-state index in [1.807, 2.05) is 0 Å². The molecule has 0 aromatic heterocycles. The number of rotatable bonds is 6. The lowest BCUT2D eigenvalue weighted by molar-refractivity contribution is -0.396. The zero-order chi connectivity index (χ0) is 18.2. The molecule has 0 aromatic carbocycles. The molecule has 0 saturated carbocycles. The van der Waals surface area contributed by atoms with Crippen LogP contribution in [0.25, 0.3) is 0 Å². The van der Waals surface area contributed by atoms with E-state index in [-0.39, 0.29) is 0 Å². The number of hydrogen-bond acceptors (Lipinski definition) is 0. The Bertz CT molecular complexity index is 430. The van der Waals surface area contributed by atoms with Gasteiger partial charge in [0, 0.05) is 17.8 Å². The van der Waals surface area contributed by atoms with E-state index >= 15 is 0 Å². The van der Waals surface area contributed by atoms with E-state index in [1.165, 1.54) is 0 Å². The molecule has 0 nitrogen and oxygen atoms in total. The SMILES string of the molecule is FC(F)(F)C(F)(C(F)(F)CCCl)C(F)(F)C(F)(F)C(Cl)=CCl. The summed E-state index contributed by atoms with van der Waals surface area (Å²) in [5.41, 5.74) is -7.43. The van der Waals surface area contributed by atoms with Gasteiger partial charge in [0.25, 0.3) is 5.92 Å². The highest BCUT2D eigenvalue weighted by Crippen LogP contribution is 2.61. The van der Waals surface area contributed by atoms with E-state index in [4.69, 9.17) is 11.6 Å². The molecule has 1 unspecified atom stereocenters. The van der Waals surface area contributed by atoms with Gasteiger partial charge < -0.3 is 0 Å². The molecule has 0 N–H and O–H groups in total. The Labute approximate surface area is 132 Å². The van der Waals surface area contributed by atoms with Gasteiger partial charge in [0.15, 0.2) is 0 Å². The molecular weight excluding hydrogens is 404 g/mol. The van der Waals surface area contributed by atoms with Gasteiger partial charge in [-0.15, -0.1) is 11.6 Å². The Morgan fingerprint density at radius 3 is 1.55 bits per heavy atom. The maximum absolute atomic E-state index is 13.7. The second-order valence-electron chi connectivity index (χ2n) is 3.91. The highest BCUT2D eigenvalue weighted by Gasteiger charge is 2.88. The molecule has 0 heterocycles. The molecule has 0 bridgehead atoms. The van der Waals surface area contributed by atoms with Crippen molar-refractivity contribution in [2.75, 3.05) is 5.88 Å². The molecule has 0 saturated heterocycles. The molecule has 0 aromatic rings. The number of halogens is 13. The Morgan fingerprint density at radius 2 is 1.27 bits per heavy atom. The maximum Gasteiger partial charge on any atom is 0.434 e. The number of alkyl halides is 11. The normalized spacial score (nSPS) is 18.3. The molecule has 132 valence electrons. The summed E-state index contributed by atoms with van der Waals surface area (Å²) in [5.74, 6) is -20.5. The Morgan fingerprint density at radius 1 is 0.864 bits per heavy atom. The second kappa shape index (κ2) is 6.43. The minimum Gasteiger partial charge on any atom is -0.220 e. The van der Waals surface area contributed by atoms with Crippen molar-refractivity contribution in [1.29, 1.82) is 0 Å². The Hall–Kier alpha value is -0.0900. The van der Waals surface area contributed by atoms with Crippen LogP contribution < -0.4 is 0 Å². The average molecular weight is 409 g/mol. The van der Waals surface area contributed by atoms with Crippen molar-refractivity contribution in [3.05, 3.63) is 10.6 Å². The minimum absolute atomic E-state index is 0.494. The summed E-state index contributed by atoms with van der Waals surface area (Å²) in [4.78, 5) is 0. The third-order valence-corrected chi connectivity index (χ3v) is 3.39. The maximum atomic E-state index is 13.7. The first-order chi connectivity index (χ1) is 9.54.